The van der Waals surface area contributed by atoms with Crippen LogP contribution in [0.25, 0.3) is 11.1 Å². The van der Waals surface area contributed by atoms with Crippen LogP contribution in [0.5, 0.6) is 5.75 Å². The lowest BCUT2D eigenvalue weighted by Gasteiger charge is -2.11. The van der Waals surface area contributed by atoms with Crippen LogP contribution in [0, 0.1) is 0 Å². The van der Waals surface area contributed by atoms with Gasteiger partial charge in [0.1, 0.15) is 5.75 Å². The Bertz CT molecular complexity index is 582. The molecule has 0 N–H and O–H groups in total. The molecular weight excluding hydrogens is 259 g/mol. The highest BCUT2D eigenvalue weighted by Crippen LogP contribution is 2.29. The van der Waals surface area contributed by atoms with Crippen molar-refractivity contribution in [1.29, 1.82) is 0 Å². The quantitative estimate of drug-likeness (QED) is 0.799. The van der Waals surface area contributed by atoms with Gasteiger partial charge in [-0.1, -0.05) is 6.07 Å². The zero-order chi connectivity index (χ0) is 13.9. The van der Waals surface area contributed by atoms with Crippen LogP contribution < -0.4 is 4.74 Å². The van der Waals surface area contributed by atoms with Crippen molar-refractivity contribution in [2.24, 2.45) is 0 Å². The summed E-state index contributed by atoms with van der Waals surface area (Å²) in [5, 5.41) is 0. The summed E-state index contributed by atoms with van der Waals surface area (Å²) in [6.45, 7) is 0. The minimum Gasteiger partial charge on any atom is -0.406 e. The number of aldehydes is 1. The van der Waals surface area contributed by atoms with E-state index in [0.717, 1.165) is 12.1 Å². The van der Waals surface area contributed by atoms with Crippen LogP contribution in [0.1, 0.15) is 10.4 Å². The third kappa shape index (κ3) is 3.31. The lowest BCUT2D eigenvalue weighted by Crippen LogP contribution is -2.17. The summed E-state index contributed by atoms with van der Waals surface area (Å²) in [6.07, 6.45) is -1.21. The van der Waals surface area contributed by atoms with Crippen LogP contribution >= 0.6 is 0 Å². The zero-order valence-corrected chi connectivity index (χ0v) is 9.52. The highest BCUT2D eigenvalue weighted by Gasteiger charge is 2.31. The number of carbonyl (C=O) groups is 1. The number of alkyl halides is 3. The maximum absolute atomic E-state index is 12.2. The van der Waals surface area contributed by atoms with Gasteiger partial charge in [-0.05, 0) is 29.8 Å². The topological polar surface area (TPSA) is 39.2 Å². The molecule has 2 rings (SSSR count). The Morgan fingerprint density at radius 3 is 2.58 bits per heavy atom. The van der Waals surface area contributed by atoms with E-state index in [-0.39, 0.29) is 11.3 Å². The fourth-order valence-electron chi connectivity index (χ4n) is 1.61. The molecule has 0 fully saturated rings. The van der Waals surface area contributed by atoms with E-state index in [0.29, 0.717) is 17.4 Å². The largest absolute Gasteiger partial charge is 0.573 e. The summed E-state index contributed by atoms with van der Waals surface area (Å²) in [5.74, 6) is -0.378. The molecule has 1 aromatic carbocycles. The number of ether oxygens (including phenoxy) is 1. The van der Waals surface area contributed by atoms with Crippen LogP contribution in [-0.2, 0) is 0 Å². The first-order valence-electron chi connectivity index (χ1n) is 5.25. The molecule has 0 saturated carbocycles. The number of benzene rings is 1. The molecule has 0 aliphatic heterocycles. The Labute approximate surface area is 106 Å². The van der Waals surface area contributed by atoms with E-state index in [2.05, 4.69) is 9.72 Å². The van der Waals surface area contributed by atoms with Crippen molar-refractivity contribution in [3.8, 4) is 16.9 Å². The molecule has 0 spiro atoms. The van der Waals surface area contributed by atoms with Gasteiger partial charge in [0.2, 0.25) is 0 Å². The highest BCUT2D eigenvalue weighted by molar-refractivity contribution is 5.88. The summed E-state index contributed by atoms with van der Waals surface area (Å²) < 4.78 is 40.3. The van der Waals surface area contributed by atoms with Gasteiger partial charge in [-0.25, -0.2) is 0 Å². The molecule has 0 bridgehead atoms. The van der Waals surface area contributed by atoms with Crippen LogP contribution in [0.4, 0.5) is 13.2 Å². The molecule has 2 aromatic rings. The first-order chi connectivity index (χ1) is 8.99. The highest BCUT2D eigenvalue weighted by atomic mass is 19.4. The maximum atomic E-state index is 12.2. The third-order valence-electron chi connectivity index (χ3n) is 2.36. The lowest BCUT2D eigenvalue weighted by atomic mass is 10.0. The van der Waals surface area contributed by atoms with Crippen molar-refractivity contribution in [2.75, 3.05) is 0 Å². The molecule has 0 unspecified atom stereocenters. The van der Waals surface area contributed by atoms with E-state index in [1.807, 2.05) is 0 Å². The Balaban J connectivity index is 2.46. The zero-order valence-electron chi connectivity index (χ0n) is 9.52. The Morgan fingerprint density at radius 1 is 1.21 bits per heavy atom. The van der Waals surface area contributed by atoms with Crippen LogP contribution in [0.3, 0.4) is 0 Å². The van der Waals surface area contributed by atoms with E-state index in [1.165, 1.54) is 18.5 Å². The van der Waals surface area contributed by atoms with Gasteiger partial charge in [-0.3, -0.25) is 9.78 Å². The van der Waals surface area contributed by atoms with Gasteiger partial charge in [-0.2, -0.15) is 0 Å². The number of rotatable bonds is 3. The number of aromatic nitrogens is 1. The van der Waals surface area contributed by atoms with Crippen molar-refractivity contribution in [3.05, 3.63) is 48.3 Å². The van der Waals surface area contributed by atoms with E-state index >= 15 is 0 Å². The first-order valence-corrected chi connectivity index (χ1v) is 5.25. The second kappa shape index (κ2) is 5.09. The molecule has 1 heterocycles. The van der Waals surface area contributed by atoms with Crippen molar-refractivity contribution < 1.29 is 22.7 Å². The molecule has 0 aliphatic rings. The molecule has 0 saturated heterocycles. The van der Waals surface area contributed by atoms with Crippen molar-refractivity contribution in [3.63, 3.8) is 0 Å². The summed E-state index contributed by atoms with van der Waals surface area (Å²) in [5.41, 5.74) is 1.14. The van der Waals surface area contributed by atoms with Crippen LogP contribution in [0.2, 0.25) is 0 Å². The summed E-state index contributed by atoms with van der Waals surface area (Å²) in [6, 6.07) is 6.80. The molecule has 0 radical (unpaired) electrons. The van der Waals surface area contributed by atoms with Crippen molar-refractivity contribution in [1.82, 2.24) is 4.98 Å². The average molecular weight is 267 g/mol. The van der Waals surface area contributed by atoms with Gasteiger partial charge in [-0.15, -0.1) is 13.2 Å². The van der Waals surface area contributed by atoms with E-state index in [4.69, 9.17) is 0 Å². The molecule has 19 heavy (non-hydrogen) atoms. The molecular formula is C13H8F3NO2. The van der Waals surface area contributed by atoms with Crippen LogP contribution in [-0.4, -0.2) is 17.6 Å². The fraction of sp³-hybridized carbons (Fsp3) is 0.0769. The monoisotopic (exact) mass is 267 g/mol. The number of pyridine rings is 1. The lowest BCUT2D eigenvalue weighted by molar-refractivity contribution is -0.274. The Kier molecular flexibility index (Phi) is 3.50. The summed E-state index contributed by atoms with van der Waals surface area (Å²) in [7, 11) is 0. The number of hydrogen-bond donors (Lipinski definition) is 0. The smallest absolute Gasteiger partial charge is 0.406 e. The summed E-state index contributed by atoms with van der Waals surface area (Å²) in [4.78, 5) is 14.8. The maximum Gasteiger partial charge on any atom is 0.573 e. The molecule has 3 nitrogen and oxygen atoms in total. The number of nitrogens with zero attached hydrogens (tertiary/aromatic N) is 1. The minimum atomic E-state index is -4.77. The van der Waals surface area contributed by atoms with Gasteiger partial charge >= 0.3 is 6.36 Å². The average Bonchev–Trinajstić information content (AvgIpc) is 2.38. The van der Waals surface area contributed by atoms with E-state index in [1.54, 1.807) is 12.1 Å². The first kappa shape index (κ1) is 13.1. The van der Waals surface area contributed by atoms with E-state index in [9.17, 15) is 18.0 Å². The number of hydrogen-bond acceptors (Lipinski definition) is 3. The molecule has 0 aliphatic carbocycles. The fourth-order valence-corrected chi connectivity index (χ4v) is 1.61. The molecule has 1 aromatic heterocycles. The Morgan fingerprint density at radius 2 is 2.00 bits per heavy atom. The second-order valence-electron chi connectivity index (χ2n) is 3.66. The van der Waals surface area contributed by atoms with E-state index < -0.39 is 6.36 Å². The van der Waals surface area contributed by atoms with Gasteiger partial charge in [0.15, 0.2) is 6.29 Å². The number of halogens is 3. The van der Waals surface area contributed by atoms with Crippen molar-refractivity contribution in [2.45, 2.75) is 6.36 Å². The molecule has 98 valence electrons. The Hall–Kier alpha value is -2.37. The normalized spacial score (nSPS) is 11.1. The third-order valence-corrected chi connectivity index (χ3v) is 2.36. The van der Waals surface area contributed by atoms with Crippen LogP contribution in [0.15, 0.2) is 42.7 Å². The minimum absolute atomic E-state index is 0.266. The standard InChI is InChI=1S/C13H8F3NO2/c14-13(15,16)19-11-4-3-10(8-18)12(6-11)9-2-1-5-17-7-9/h1-8H. The molecule has 0 amide bonds. The number of carbonyl (C=O) groups excluding carboxylic acids is 1. The predicted molar refractivity (Wildman–Crippen MR) is 61.7 cm³/mol. The SMILES string of the molecule is O=Cc1ccc(OC(F)(F)F)cc1-c1cccnc1. The van der Waals surface area contributed by atoms with Gasteiger partial charge in [0.25, 0.3) is 0 Å². The molecule has 0 atom stereocenters. The van der Waals surface area contributed by atoms with Crippen molar-refractivity contribution >= 4 is 6.29 Å². The van der Waals surface area contributed by atoms with Gasteiger partial charge < -0.3 is 4.74 Å². The van der Waals surface area contributed by atoms with Gasteiger partial charge in [0.05, 0.1) is 0 Å². The second-order valence-corrected chi connectivity index (χ2v) is 3.66. The predicted octanol–water partition coefficient (Wildman–Crippen LogP) is 3.46. The van der Waals surface area contributed by atoms with Gasteiger partial charge in [0, 0.05) is 23.5 Å². The summed E-state index contributed by atoms with van der Waals surface area (Å²) >= 11 is 0. The molecule has 6 heteroatoms.